The molecule has 0 amide bonds. The van der Waals surface area contributed by atoms with E-state index in [0.717, 1.165) is 21.6 Å². The largest absolute Gasteiger partial charge is 0.383 e. The van der Waals surface area contributed by atoms with Crippen LogP contribution >= 0.6 is 11.3 Å². The van der Waals surface area contributed by atoms with Crippen LogP contribution in [0.3, 0.4) is 0 Å². The summed E-state index contributed by atoms with van der Waals surface area (Å²) in [5.74, 6) is 1.56. The molecule has 0 saturated heterocycles. The average Bonchev–Trinajstić information content (AvgIpc) is 2.83. The fraction of sp³-hybridized carbons (Fsp3) is 0.312. The highest BCUT2D eigenvalue weighted by molar-refractivity contribution is 7.18. The molecule has 0 aliphatic carbocycles. The molecule has 114 valence electrons. The summed E-state index contributed by atoms with van der Waals surface area (Å²) in [6, 6.07) is 3.87. The van der Waals surface area contributed by atoms with E-state index in [1.165, 1.54) is 10.4 Å². The molecule has 5 nitrogen and oxygen atoms in total. The van der Waals surface area contributed by atoms with Crippen LogP contribution in [0.5, 0.6) is 0 Å². The molecule has 0 saturated carbocycles. The van der Waals surface area contributed by atoms with E-state index < -0.39 is 0 Å². The highest BCUT2D eigenvalue weighted by Crippen LogP contribution is 2.34. The van der Waals surface area contributed by atoms with Crippen LogP contribution in [0.1, 0.15) is 10.4 Å². The van der Waals surface area contributed by atoms with Crippen LogP contribution in [0.2, 0.25) is 0 Å². The minimum absolute atomic E-state index is 0.635. The molecule has 0 radical (unpaired) electrons. The summed E-state index contributed by atoms with van der Waals surface area (Å²) in [5.41, 5.74) is 2.15. The van der Waals surface area contributed by atoms with Crippen LogP contribution in [0, 0.1) is 13.8 Å². The van der Waals surface area contributed by atoms with E-state index in [2.05, 4.69) is 24.1 Å². The smallest absolute Gasteiger partial charge is 0.164 e. The summed E-state index contributed by atoms with van der Waals surface area (Å²) in [4.78, 5) is 15.8. The molecule has 1 N–H and O–H groups in total. The van der Waals surface area contributed by atoms with Crippen molar-refractivity contribution < 1.29 is 4.74 Å². The van der Waals surface area contributed by atoms with Gasteiger partial charge in [-0.1, -0.05) is 0 Å². The normalized spacial score (nSPS) is 11.0. The molecular formula is C16H18N4OS. The summed E-state index contributed by atoms with van der Waals surface area (Å²) in [6.07, 6.45) is 3.53. The lowest BCUT2D eigenvalue weighted by atomic mass is 10.2. The van der Waals surface area contributed by atoms with Crippen molar-refractivity contribution in [2.24, 2.45) is 0 Å². The van der Waals surface area contributed by atoms with Crippen LogP contribution in [0.15, 0.2) is 24.5 Å². The van der Waals surface area contributed by atoms with E-state index in [-0.39, 0.29) is 0 Å². The second kappa shape index (κ2) is 6.37. The first-order chi connectivity index (χ1) is 10.7. The molecule has 22 heavy (non-hydrogen) atoms. The van der Waals surface area contributed by atoms with E-state index in [4.69, 9.17) is 14.7 Å². The van der Waals surface area contributed by atoms with Crippen molar-refractivity contribution in [1.29, 1.82) is 0 Å². The fourth-order valence-corrected chi connectivity index (χ4v) is 3.30. The highest BCUT2D eigenvalue weighted by Gasteiger charge is 2.15. The number of pyridine rings is 1. The van der Waals surface area contributed by atoms with Gasteiger partial charge in [-0.15, -0.1) is 11.3 Å². The van der Waals surface area contributed by atoms with Gasteiger partial charge >= 0.3 is 0 Å². The Morgan fingerprint density at radius 2 is 2.14 bits per heavy atom. The monoisotopic (exact) mass is 314 g/mol. The zero-order chi connectivity index (χ0) is 15.5. The van der Waals surface area contributed by atoms with Crippen LogP contribution in [-0.4, -0.2) is 35.2 Å². The Balaban J connectivity index is 2.12. The maximum absolute atomic E-state index is 5.11. The minimum Gasteiger partial charge on any atom is -0.383 e. The molecule has 0 fully saturated rings. The lowest BCUT2D eigenvalue weighted by molar-refractivity contribution is 0.210. The number of methoxy groups -OCH3 is 1. The van der Waals surface area contributed by atoms with E-state index in [1.54, 1.807) is 30.8 Å². The number of nitrogens with zero attached hydrogens (tertiary/aromatic N) is 3. The van der Waals surface area contributed by atoms with Gasteiger partial charge in [-0.25, -0.2) is 9.97 Å². The van der Waals surface area contributed by atoms with E-state index in [0.29, 0.717) is 19.0 Å². The number of fused-ring (bicyclic) bond motifs is 1. The predicted molar refractivity (Wildman–Crippen MR) is 90.5 cm³/mol. The molecule has 0 aromatic carbocycles. The summed E-state index contributed by atoms with van der Waals surface area (Å²) < 4.78 is 5.11. The zero-order valence-corrected chi connectivity index (χ0v) is 13.7. The van der Waals surface area contributed by atoms with Crippen molar-refractivity contribution in [3.8, 4) is 11.4 Å². The summed E-state index contributed by atoms with van der Waals surface area (Å²) in [5, 5.41) is 4.47. The second-order valence-corrected chi connectivity index (χ2v) is 6.22. The van der Waals surface area contributed by atoms with Crippen LogP contribution in [-0.2, 0) is 4.74 Å². The molecule has 3 rings (SSSR count). The Labute approximate surface area is 133 Å². The molecule has 3 aromatic heterocycles. The fourth-order valence-electron chi connectivity index (χ4n) is 2.27. The number of hydrogen-bond donors (Lipinski definition) is 1. The van der Waals surface area contributed by atoms with Gasteiger partial charge < -0.3 is 10.1 Å². The third-order valence-corrected chi connectivity index (χ3v) is 4.65. The molecule has 0 aliphatic heterocycles. The number of ether oxygens (including phenoxy) is 1. The van der Waals surface area contributed by atoms with Gasteiger partial charge in [-0.2, -0.15) is 0 Å². The lowest BCUT2D eigenvalue weighted by Gasteiger charge is -2.09. The average molecular weight is 314 g/mol. The molecule has 6 heteroatoms. The quantitative estimate of drug-likeness (QED) is 0.731. The predicted octanol–water partition coefficient (Wildman–Crippen LogP) is 3.43. The number of aryl methyl sites for hydroxylation is 2. The van der Waals surface area contributed by atoms with Crippen molar-refractivity contribution in [1.82, 2.24) is 15.0 Å². The number of thiophene rings is 1. The summed E-state index contributed by atoms with van der Waals surface area (Å²) >= 11 is 1.70. The summed E-state index contributed by atoms with van der Waals surface area (Å²) in [7, 11) is 1.69. The van der Waals surface area contributed by atoms with Crippen molar-refractivity contribution in [2.75, 3.05) is 25.6 Å². The van der Waals surface area contributed by atoms with Crippen molar-refractivity contribution >= 4 is 27.4 Å². The standard InChI is InChI=1S/C16H18N4OS/c1-10-11(2)22-16-13(10)15(18-7-8-21-3)19-14(20-16)12-5-4-6-17-9-12/h4-6,9H,7-8H2,1-3H3,(H,18,19,20). The van der Waals surface area contributed by atoms with Gasteiger partial charge in [0.05, 0.1) is 12.0 Å². The molecular weight excluding hydrogens is 296 g/mol. The van der Waals surface area contributed by atoms with Gasteiger partial charge in [0.15, 0.2) is 5.82 Å². The van der Waals surface area contributed by atoms with Crippen molar-refractivity contribution in [3.63, 3.8) is 0 Å². The van der Waals surface area contributed by atoms with Crippen LogP contribution < -0.4 is 5.32 Å². The number of anilines is 1. The van der Waals surface area contributed by atoms with E-state index >= 15 is 0 Å². The van der Waals surface area contributed by atoms with Crippen molar-refractivity contribution in [2.45, 2.75) is 13.8 Å². The number of aromatic nitrogens is 3. The van der Waals surface area contributed by atoms with Crippen LogP contribution in [0.4, 0.5) is 5.82 Å². The van der Waals surface area contributed by atoms with Gasteiger partial charge in [0.25, 0.3) is 0 Å². The highest BCUT2D eigenvalue weighted by atomic mass is 32.1. The number of nitrogens with one attached hydrogen (secondary N) is 1. The molecule has 0 unspecified atom stereocenters. The first-order valence-corrected chi connectivity index (χ1v) is 7.93. The second-order valence-electron chi connectivity index (χ2n) is 5.02. The Morgan fingerprint density at radius 3 is 2.86 bits per heavy atom. The SMILES string of the molecule is COCCNc1nc(-c2cccnc2)nc2sc(C)c(C)c12. The van der Waals surface area contributed by atoms with E-state index in [1.807, 2.05) is 12.1 Å². The van der Waals surface area contributed by atoms with Gasteiger partial charge in [0.1, 0.15) is 10.6 Å². The van der Waals surface area contributed by atoms with Crippen molar-refractivity contribution in [3.05, 3.63) is 35.0 Å². The van der Waals surface area contributed by atoms with Gasteiger partial charge in [-0.05, 0) is 31.5 Å². The molecule has 0 atom stereocenters. The Kier molecular flexibility index (Phi) is 4.31. The molecule has 0 bridgehead atoms. The maximum Gasteiger partial charge on any atom is 0.164 e. The molecule has 0 spiro atoms. The first-order valence-electron chi connectivity index (χ1n) is 7.11. The molecule has 3 aromatic rings. The lowest BCUT2D eigenvalue weighted by Crippen LogP contribution is -2.10. The van der Waals surface area contributed by atoms with E-state index in [9.17, 15) is 0 Å². The number of rotatable bonds is 5. The third-order valence-electron chi connectivity index (χ3n) is 3.55. The maximum atomic E-state index is 5.11. The van der Waals surface area contributed by atoms with Gasteiger partial charge in [-0.3, -0.25) is 4.98 Å². The molecule has 3 heterocycles. The third kappa shape index (κ3) is 2.80. The number of hydrogen-bond acceptors (Lipinski definition) is 6. The van der Waals surface area contributed by atoms with Gasteiger partial charge in [0.2, 0.25) is 0 Å². The molecule has 0 aliphatic rings. The minimum atomic E-state index is 0.635. The van der Waals surface area contributed by atoms with Gasteiger partial charge in [0, 0.05) is 36.5 Å². The topological polar surface area (TPSA) is 59.9 Å². The van der Waals surface area contributed by atoms with Crippen LogP contribution in [0.25, 0.3) is 21.6 Å². The Bertz CT molecular complexity index is 786. The zero-order valence-electron chi connectivity index (χ0n) is 12.9. The summed E-state index contributed by atoms with van der Waals surface area (Å²) in [6.45, 7) is 5.58. The first kappa shape index (κ1) is 14.9. The Morgan fingerprint density at radius 1 is 1.27 bits per heavy atom. The Hall–Kier alpha value is -2.05.